The molecule has 4 N–H and O–H groups in total. The van der Waals surface area contributed by atoms with Crippen LogP contribution in [-0.2, 0) is 11.2 Å². The second kappa shape index (κ2) is 6.89. The smallest absolute Gasteiger partial charge is 0.308 e. The molecule has 0 aliphatic rings. The standard InChI is InChI=1S/C14H20N2O3/c1-9(14(18)19)10(2)16-13(17)12-5-3-11(4-6-12)7-8-15/h3-6,9-10H,7-8,15H2,1-2H3,(H,16,17)(H,18,19). The summed E-state index contributed by atoms with van der Waals surface area (Å²) in [6, 6.07) is 6.73. The highest BCUT2D eigenvalue weighted by Gasteiger charge is 2.21. The van der Waals surface area contributed by atoms with Crippen molar-refractivity contribution in [2.24, 2.45) is 11.7 Å². The first-order valence-corrected chi connectivity index (χ1v) is 6.28. The molecule has 104 valence electrons. The number of carboxylic acid groups (broad SMARTS) is 1. The largest absolute Gasteiger partial charge is 0.481 e. The van der Waals surface area contributed by atoms with Crippen LogP contribution in [0.2, 0.25) is 0 Å². The Morgan fingerprint density at radius 3 is 2.32 bits per heavy atom. The van der Waals surface area contributed by atoms with Gasteiger partial charge in [0, 0.05) is 11.6 Å². The van der Waals surface area contributed by atoms with E-state index in [0.29, 0.717) is 12.1 Å². The fraction of sp³-hybridized carbons (Fsp3) is 0.429. The summed E-state index contributed by atoms with van der Waals surface area (Å²) in [6.45, 7) is 3.82. The zero-order valence-corrected chi connectivity index (χ0v) is 11.2. The lowest BCUT2D eigenvalue weighted by atomic mass is 10.0. The molecular formula is C14H20N2O3. The Bertz CT molecular complexity index is 443. The quantitative estimate of drug-likeness (QED) is 0.715. The van der Waals surface area contributed by atoms with Crippen LogP contribution in [0.3, 0.4) is 0 Å². The molecule has 0 bridgehead atoms. The predicted octanol–water partition coefficient (Wildman–Crippen LogP) is 1.03. The number of nitrogens with two attached hydrogens (primary N) is 1. The second-order valence-electron chi connectivity index (χ2n) is 4.62. The van der Waals surface area contributed by atoms with Crippen molar-refractivity contribution in [3.8, 4) is 0 Å². The Morgan fingerprint density at radius 1 is 1.26 bits per heavy atom. The number of carboxylic acids is 1. The zero-order valence-electron chi connectivity index (χ0n) is 11.2. The topological polar surface area (TPSA) is 92.4 Å². The van der Waals surface area contributed by atoms with Gasteiger partial charge >= 0.3 is 5.97 Å². The molecule has 0 aliphatic heterocycles. The van der Waals surface area contributed by atoms with Gasteiger partial charge in [0.1, 0.15) is 0 Å². The Labute approximate surface area is 112 Å². The summed E-state index contributed by atoms with van der Waals surface area (Å²) in [5, 5.41) is 11.6. The third-order valence-electron chi connectivity index (χ3n) is 3.15. The van der Waals surface area contributed by atoms with Gasteiger partial charge in [-0.25, -0.2) is 0 Å². The van der Waals surface area contributed by atoms with Gasteiger partial charge in [-0.05, 0) is 44.5 Å². The van der Waals surface area contributed by atoms with E-state index in [0.717, 1.165) is 12.0 Å². The van der Waals surface area contributed by atoms with Crippen LogP contribution in [0.25, 0.3) is 0 Å². The summed E-state index contributed by atoms with van der Waals surface area (Å²) in [7, 11) is 0. The van der Waals surface area contributed by atoms with Crippen molar-refractivity contribution in [1.29, 1.82) is 0 Å². The fourth-order valence-electron chi connectivity index (χ4n) is 1.62. The summed E-state index contributed by atoms with van der Waals surface area (Å²) in [5.41, 5.74) is 7.04. The van der Waals surface area contributed by atoms with Crippen molar-refractivity contribution in [3.05, 3.63) is 35.4 Å². The molecule has 0 heterocycles. The third kappa shape index (κ3) is 4.37. The van der Waals surface area contributed by atoms with Crippen molar-refractivity contribution in [2.45, 2.75) is 26.3 Å². The lowest BCUT2D eigenvalue weighted by Gasteiger charge is -2.17. The lowest BCUT2D eigenvalue weighted by Crippen LogP contribution is -2.40. The van der Waals surface area contributed by atoms with Crippen LogP contribution in [-0.4, -0.2) is 29.6 Å². The summed E-state index contributed by atoms with van der Waals surface area (Å²) in [6.07, 6.45) is 0.772. The maximum atomic E-state index is 11.9. The molecule has 19 heavy (non-hydrogen) atoms. The van der Waals surface area contributed by atoms with E-state index in [-0.39, 0.29) is 5.91 Å². The van der Waals surface area contributed by atoms with E-state index in [1.54, 1.807) is 26.0 Å². The molecule has 0 saturated heterocycles. The van der Waals surface area contributed by atoms with E-state index < -0.39 is 17.9 Å². The van der Waals surface area contributed by atoms with E-state index in [4.69, 9.17) is 10.8 Å². The fourth-order valence-corrected chi connectivity index (χ4v) is 1.62. The average Bonchev–Trinajstić information content (AvgIpc) is 2.38. The molecular weight excluding hydrogens is 244 g/mol. The molecule has 0 radical (unpaired) electrons. The number of rotatable bonds is 6. The molecule has 5 nitrogen and oxygen atoms in total. The highest BCUT2D eigenvalue weighted by molar-refractivity contribution is 5.94. The van der Waals surface area contributed by atoms with E-state index >= 15 is 0 Å². The Hall–Kier alpha value is -1.88. The van der Waals surface area contributed by atoms with Crippen molar-refractivity contribution in [3.63, 3.8) is 0 Å². The van der Waals surface area contributed by atoms with Crippen LogP contribution in [0.1, 0.15) is 29.8 Å². The normalized spacial score (nSPS) is 13.6. The Morgan fingerprint density at radius 2 is 1.84 bits per heavy atom. The first-order valence-electron chi connectivity index (χ1n) is 6.28. The van der Waals surface area contributed by atoms with Crippen molar-refractivity contribution in [1.82, 2.24) is 5.32 Å². The van der Waals surface area contributed by atoms with Crippen LogP contribution >= 0.6 is 0 Å². The summed E-state index contributed by atoms with van der Waals surface area (Å²) >= 11 is 0. The number of nitrogens with one attached hydrogen (secondary N) is 1. The van der Waals surface area contributed by atoms with Gasteiger partial charge < -0.3 is 16.2 Å². The van der Waals surface area contributed by atoms with Gasteiger partial charge in [0.05, 0.1) is 5.92 Å². The van der Waals surface area contributed by atoms with E-state index in [1.165, 1.54) is 0 Å². The van der Waals surface area contributed by atoms with Gasteiger partial charge in [-0.2, -0.15) is 0 Å². The maximum Gasteiger partial charge on any atom is 0.308 e. The number of carbonyl (C=O) groups is 2. The summed E-state index contributed by atoms with van der Waals surface area (Å²) in [4.78, 5) is 22.7. The number of amides is 1. The first-order chi connectivity index (χ1) is 8.95. The van der Waals surface area contributed by atoms with Gasteiger partial charge in [-0.3, -0.25) is 9.59 Å². The van der Waals surface area contributed by atoms with Crippen LogP contribution in [0.5, 0.6) is 0 Å². The molecule has 1 rings (SSSR count). The van der Waals surface area contributed by atoms with E-state index in [1.807, 2.05) is 12.1 Å². The van der Waals surface area contributed by atoms with Crippen molar-refractivity contribution in [2.75, 3.05) is 6.54 Å². The Kier molecular flexibility index (Phi) is 5.51. The molecule has 2 atom stereocenters. The second-order valence-corrected chi connectivity index (χ2v) is 4.62. The molecule has 0 aliphatic carbocycles. The number of carbonyl (C=O) groups excluding carboxylic acids is 1. The minimum Gasteiger partial charge on any atom is -0.481 e. The van der Waals surface area contributed by atoms with Crippen LogP contribution in [0, 0.1) is 5.92 Å². The maximum absolute atomic E-state index is 11.9. The molecule has 2 unspecified atom stereocenters. The van der Waals surface area contributed by atoms with Crippen LogP contribution < -0.4 is 11.1 Å². The van der Waals surface area contributed by atoms with Gasteiger partial charge in [0.25, 0.3) is 5.91 Å². The molecule has 5 heteroatoms. The van der Waals surface area contributed by atoms with Gasteiger partial charge in [-0.1, -0.05) is 12.1 Å². The lowest BCUT2D eigenvalue weighted by molar-refractivity contribution is -0.141. The van der Waals surface area contributed by atoms with Crippen LogP contribution in [0.15, 0.2) is 24.3 Å². The molecule has 1 aromatic carbocycles. The summed E-state index contributed by atoms with van der Waals surface area (Å²) < 4.78 is 0. The first kappa shape index (κ1) is 15.2. The monoisotopic (exact) mass is 264 g/mol. The van der Waals surface area contributed by atoms with E-state index in [2.05, 4.69) is 5.32 Å². The minimum absolute atomic E-state index is 0.264. The predicted molar refractivity (Wildman–Crippen MR) is 72.9 cm³/mol. The van der Waals surface area contributed by atoms with Gasteiger partial charge in [0.2, 0.25) is 0 Å². The average molecular weight is 264 g/mol. The Balaban J connectivity index is 2.65. The zero-order chi connectivity index (χ0) is 14.4. The number of benzene rings is 1. The molecule has 0 aromatic heterocycles. The van der Waals surface area contributed by atoms with Gasteiger partial charge in [-0.15, -0.1) is 0 Å². The van der Waals surface area contributed by atoms with Crippen molar-refractivity contribution < 1.29 is 14.7 Å². The third-order valence-corrected chi connectivity index (χ3v) is 3.15. The summed E-state index contributed by atoms with van der Waals surface area (Å²) in [5.74, 6) is -1.81. The van der Waals surface area contributed by atoms with E-state index in [9.17, 15) is 9.59 Å². The molecule has 1 amide bonds. The highest BCUT2D eigenvalue weighted by atomic mass is 16.4. The van der Waals surface area contributed by atoms with Gasteiger partial charge in [0.15, 0.2) is 0 Å². The van der Waals surface area contributed by atoms with Crippen molar-refractivity contribution >= 4 is 11.9 Å². The minimum atomic E-state index is -0.925. The highest BCUT2D eigenvalue weighted by Crippen LogP contribution is 2.07. The molecule has 0 fully saturated rings. The molecule has 1 aromatic rings. The number of hydrogen-bond donors (Lipinski definition) is 3. The number of aliphatic carboxylic acids is 1. The SMILES string of the molecule is CC(NC(=O)c1ccc(CCN)cc1)C(C)C(=O)O. The number of hydrogen-bond acceptors (Lipinski definition) is 3. The molecule has 0 saturated carbocycles. The molecule has 0 spiro atoms. The van der Waals surface area contributed by atoms with Crippen LogP contribution in [0.4, 0.5) is 0 Å².